The van der Waals surface area contributed by atoms with E-state index in [0.29, 0.717) is 0 Å². The molecule has 0 bridgehead atoms. The summed E-state index contributed by atoms with van der Waals surface area (Å²) >= 11 is 0. The van der Waals surface area contributed by atoms with Gasteiger partial charge in [-0.05, 0) is 25.7 Å². The molecule has 0 spiro atoms. The maximum absolute atomic E-state index is 11.7. The standard InChI is InChI=1S/C13H22N2O3/c16-8-9-4-2-1-3-5-11(9)15-13(18)12(17)14-10-6-7-10/h9-11,16H,1-8H2,(H,14,17)(H,15,18). The molecule has 2 aliphatic rings. The van der Waals surface area contributed by atoms with Gasteiger partial charge < -0.3 is 15.7 Å². The normalized spacial score (nSPS) is 28.3. The highest BCUT2D eigenvalue weighted by atomic mass is 16.3. The molecular formula is C13H22N2O3. The van der Waals surface area contributed by atoms with Crippen LogP contribution in [0, 0.1) is 5.92 Å². The summed E-state index contributed by atoms with van der Waals surface area (Å²) in [5.41, 5.74) is 0. The number of rotatable bonds is 3. The van der Waals surface area contributed by atoms with Crippen molar-refractivity contribution in [2.24, 2.45) is 5.92 Å². The van der Waals surface area contributed by atoms with E-state index < -0.39 is 11.8 Å². The van der Waals surface area contributed by atoms with Crippen molar-refractivity contribution in [1.29, 1.82) is 0 Å². The van der Waals surface area contributed by atoms with Gasteiger partial charge in [0.15, 0.2) is 0 Å². The second kappa shape index (κ2) is 6.18. The smallest absolute Gasteiger partial charge is 0.309 e. The van der Waals surface area contributed by atoms with Crippen LogP contribution in [0.3, 0.4) is 0 Å². The van der Waals surface area contributed by atoms with Crippen LogP contribution in [0.25, 0.3) is 0 Å². The number of aliphatic hydroxyl groups excluding tert-OH is 1. The summed E-state index contributed by atoms with van der Waals surface area (Å²) in [7, 11) is 0. The van der Waals surface area contributed by atoms with Crippen molar-refractivity contribution in [2.75, 3.05) is 6.61 Å². The topological polar surface area (TPSA) is 78.4 Å². The summed E-state index contributed by atoms with van der Waals surface area (Å²) in [5, 5.41) is 14.8. The first-order chi connectivity index (χ1) is 8.70. The SMILES string of the molecule is O=C(NC1CC1)C(=O)NC1CCCCCC1CO. The van der Waals surface area contributed by atoms with E-state index in [4.69, 9.17) is 0 Å². The van der Waals surface area contributed by atoms with Crippen molar-refractivity contribution < 1.29 is 14.7 Å². The molecule has 5 heteroatoms. The molecule has 2 atom stereocenters. The van der Waals surface area contributed by atoms with E-state index in [2.05, 4.69) is 10.6 Å². The molecule has 0 radical (unpaired) electrons. The molecule has 102 valence electrons. The quantitative estimate of drug-likeness (QED) is 0.501. The summed E-state index contributed by atoms with van der Waals surface area (Å²) in [6, 6.07) is 0.140. The summed E-state index contributed by atoms with van der Waals surface area (Å²) in [6.07, 6.45) is 7.00. The molecule has 5 nitrogen and oxygen atoms in total. The average molecular weight is 254 g/mol. The molecule has 2 unspecified atom stereocenters. The highest BCUT2D eigenvalue weighted by Gasteiger charge is 2.29. The molecule has 0 heterocycles. The van der Waals surface area contributed by atoms with Gasteiger partial charge in [0.2, 0.25) is 0 Å². The van der Waals surface area contributed by atoms with Crippen LogP contribution in [0.2, 0.25) is 0 Å². The molecule has 2 rings (SSSR count). The lowest BCUT2D eigenvalue weighted by atomic mass is 9.95. The second-order valence-corrected chi connectivity index (χ2v) is 5.41. The van der Waals surface area contributed by atoms with Crippen LogP contribution >= 0.6 is 0 Å². The number of amides is 2. The zero-order chi connectivity index (χ0) is 13.0. The van der Waals surface area contributed by atoms with Gasteiger partial charge in [0, 0.05) is 24.6 Å². The van der Waals surface area contributed by atoms with E-state index >= 15 is 0 Å². The number of nitrogens with one attached hydrogen (secondary N) is 2. The van der Waals surface area contributed by atoms with Gasteiger partial charge in [-0.3, -0.25) is 9.59 Å². The lowest BCUT2D eigenvalue weighted by molar-refractivity contribution is -0.140. The van der Waals surface area contributed by atoms with E-state index in [9.17, 15) is 14.7 Å². The molecule has 3 N–H and O–H groups in total. The van der Waals surface area contributed by atoms with Crippen molar-refractivity contribution in [3.05, 3.63) is 0 Å². The second-order valence-electron chi connectivity index (χ2n) is 5.41. The van der Waals surface area contributed by atoms with E-state index in [1.54, 1.807) is 0 Å². The summed E-state index contributed by atoms with van der Waals surface area (Å²) in [4.78, 5) is 23.3. The minimum absolute atomic E-state index is 0.0602. The molecule has 2 amide bonds. The Morgan fingerprint density at radius 1 is 0.944 bits per heavy atom. The Morgan fingerprint density at radius 2 is 1.61 bits per heavy atom. The van der Waals surface area contributed by atoms with Gasteiger partial charge >= 0.3 is 11.8 Å². The Kier molecular flexibility index (Phi) is 4.58. The number of carbonyl (C=O) groups is 2. The molecule has 0 aromatic heterocycles. The zero-order valence-electron chi connectivity index (χ0n) is 10.7. The van der Waals surface area contributed by atoms with Crippen LogP contribution in [-0.4, -0.2) is 35.6 Å². The molecule has 2 aliphatic carbocycles. The molecule has 18 heavy (non-hydrogen) atoms. The summed E-state index contributed by atoms with van der Waals surface area (Å²) < 4.78 is 0. The fourth-order valence-corrected chi connectivity index (χ4v) is 2.51. The van der Waals surface area contributed by atoms with Gasteiger partial charge in [0.05, 0.1) is 0 Å². The van der Waals surface area contributed by atoms with E-state index in [1.165, 1.54) is 0 Å². The average Bonchev–Trinajstić information content (AvgIpc) is 3.16. The van der Waals surface area contributed by atoms with Gasteiger partial charge in [-0.25, -0.2) is 0 Å². The van der Waals surface area contributed by atoms with Crippen molar-refractivity contribution in [2.45, 2.75) is 57.0 Å². The molecule has 2 fully saturated rings. The Bertz CT molecular complexity index is 315. The van der Waals surface area contributed by atoms with Crippen molar-refractivity contribution in [3.8, 4) is 0 Å². The minimum atomic E-state index is -0.549. The molecular weight excluding hydrogens is 232 g/mol. The molecule has 0 aromatic carbocycles. The van der Waals surface area contributed by atoms with E-state index in [1.807, 2.05) is 0 Å². The van der Waals surface area contributed by atoms with Gasteiger partial charge in [-0.15, -0.1) is 0 Å². The van der Waals surface area contributed by atoms with Crippen molar-refractivity contribution in [1.82, 2.24) is 10.6 Å². The fourth-order valence-electron chi connectivity index (χ4n) is 2.51. The number of hydrogen-bond donors (Lipinski definition) is 3. The monoisotopic (exact) mass is 254 g/mol. The number of carbonyl (C=O) groups excluding carboxylic acids is 2. The first kappa shape index (κ1) is 13.3. The number of aliphatic hydroxyl groups is 1. The summed E-state index contributed by atoms with van der Waals surface area (Å²) in [5.74, 6) is -0.990. The van der Waals surface area contributed by atoms with Crippen LogP contribution in [0.15, 0.2) is 0 Å². The minimum Gasteiger partial charge on any atom is -0.396 e. The van der Waals surface area contributed by atoms with Crippen LogP contribution in [0.4, 0.5) is 0 Å². The van der Waals surface area contributed by atoms with E-state index in [0.717, 1.165) is 44.9 Å². The van der Waals surface area contributed by atoms with Crippen LogP contribution < -0.4 is 10.6 Å². The number of hydrogen-bond acceptors (Lipinski definition) is 3. The molecule has 2 saturated carbocycles. The maximum atomic E-state index is 11.7. The van der Waals surface area contributed by atoms with Crippen LogP contribution in [0.1, 0.15) is 44.9 Å². The van der Waals surface area contributed by atoms with Crippen LogP contribution in [0.5, 0.6) is 0 Å². The lowest BCUT2D eigenvalue weighted by Crippen LogP contribution is -2.48. The van der Waals surface area contributed by atoms with E-state index in [-0.39, 0.29) is 24.6 Å². The first-order valence-electron chi connectivity index (χ1n) is 6.93. The predicted octanol–water partition coefficient (Wildman–Crippen LogP) is 0.322. The van der Waals surface area contributed by atoms with Crippen LogP contribution in [-0.2, 0) is 9.59 Å². The van der Waals surface area contributed by atoms with Crippen molar-refractivity contribution in [3.63, 3.8) is 0 Å². The predicted molar refractivity (Wildman–Crippen MR) is 66.8 cm³/mol. The van der Waals surface area contributed by atoms with Crippen molar-refractivity contribution >= 4 is 11.8 Å². The summed E-state index contributed by atoms with van der Waals surface area (Å²) in [6.45, 7) is 0.0786. The van der Waals surface area contributed by atoms with Gasteiger partial charge in [-0.2, -0.15) is 0 Å². The fraction of sp³-hybridized carbons (Fsp3) is 0.846. The molecule has 0 saturated heterocycles. The van der Waals surface area contributed by atoms with Gasteiger partial charge in [-0.1, -0.05) is 19.3 Å². The highest BCUT2D eigenvalue weighted by Crippen LogP contribution is 2.23. The third kappa shape index (κ3) is 3.70. The Morgan fingerprint density at radius 3 is 2.28 bits per heavy atom. The largest absolute Gasteiger partial charge is 0.396 e. The van der Waals surface area contributed by atoms with Gasteiger partial charge in [0.1, 0.15) is 0 Å². The zero-order valence-corrected chi connectivity index (χ0v) is 10.7. The Labute approximate surface area is 107 Å². The lowest BCUT2D eigenvalue weighted by Gasteiger charge is -2.24. The molecule has 0 aliphatic heterocycles. The first-order valence-corrected chi connectivity index (χ1v) is 6.93. The highest BCUT2D eigenvalue weighted by molar-refractivity contribution is 6.35. The Hall–Kier alpha value is -1.10. The third-order valence-corrected chi connectivity index (χ3v) is 3.83. The Balaban J connectivity index is 1.84. The maximum Gasteiger partial charge on any atom is 0.309 e. The van der Waals surface area contributed by atoms with Gasteiger partial charge in [0.25, 0.3) is 0 Å². The third-order valence-electron chi connectivity index (χ3n) is 3.83. The molecule has 0 aromatic rings.